The molecule has 0 aliphatic heterocycles. The molecule has 4 rings (SSSR count). The predicted octanol–water partition coefficient (Wildman–Crippen LogP) is 3.70. The number of benzene rings is 1. The van der Waals surface area contributed by atoms with Crippen LogP contribution in [0.1, 0.15) is 44.5 Å². The maximum atomic E-state index is 12.7. The summed E-state index contributed by atoms with van der Waals surface area (Å²) in [5, 5.41) is 5.74. The molecule has 4 aromatic rings. The molecular weight excluding hydrogens is 430 g/mol. The minimum absolute atomic E-state index is 0.168. The Morgan fingerprint density at radius 2 is 1.82 bits per heavy atom. The van der Waals surface area contributed by atoms with Crippen molar-refractivity contribution < 1.29 is 14.3 Å². The van der Waals surface area contributed by atoms with Gasteiger partial charge in [0.15, 0.2) is 0 Å². The third kappa shape index (κ3) is 4.61. The van der Waals surface area contributed by atoms with Gasteiger partial charge in [-0.25, -0.2) is 4.98 Å². The van der Waals surface area contributed by atoms with Crippen LogP contribution in [0.4, 0.5) is 0 Å². The molecule has 0 spiro atoms. The van der Waals surface area contributed by atoms with E-state index < -0.39 is 0 Å². The average Bonchev–Trinajstić information content (AvgIpc) is 3.26. The summed E-state index contributed by atoms with van der Waals surface area (Å²) < 4.78 is 7.42. The number of methoxy groups -OCH3 is 1. The van der Waals surface area contributed by atoms with Crippen molar-refractivity contribution in [2.24, 2.45) is 0 Å². The lowest BCUT2D eigenvalue weighted by molar-refractivity contribution is 0.0943. The van der Waals surface area contributed by atoms with E-state index in [1.54, 1.807) is 31.6 Å². The smallest absolute Gasteiger partial charge is 0.255 e. The van der Waals surface area contributed by atoms with Gasteiger partial charge in [-0.15, -0.1) is 0 Å². The molecule has 1 aromatic carbocycles. The van der Waals surface area contributed by atoms with Crippen molar-refractivity contribution in [3.8, 4) is 17.0 Å². The summed E-state index contributed by atoms with van der Waals surface area (Å²) in [6, 6.07) is 11.1. The van der Waals surface area contributed by atoms with E-state index in [4.69, 9.17) is 4.74 Å². The number of fused-ring (bicyclic) bond motifs is 1. The molecule has 3 heterocycles. The van der Waals surface area contributed by atoms with Crippen LogP contribution in [0.5, 0.6) is 5.75 Å². The Hall–Kier alpha value is -4.20. The zero-order valence-electron chi connectivity index (χ0n) is 19.7. The van der Waals surface area contributed by atoms with Gasteiger partial charge in [0.2, 0.25) is 0 Å². The first-order valence-electron chi connectivity index (χ1n) is 11.0. The van der Waals surface area contributed by atoms with Gasteiger partial charge in [0.1, 0.15) is 11.4 Å². The van der Waals surface area contributed by atoms with Crippen LogP contribution >= 0.6 is 0 Å². The zero-order chi connectivity index (χ0) is 24.2. The van der Waals surface area contributed by atoms with Crippen LogP contribution in [0, 0.1) is 13.8 Å². The molecular formula is C26H27N5O3. The number of imidazole rings is 1. The van der Waals surface area contributed by atoms with Gasteiger partial charge < -0.3 is 15.4 Å². The number of rotatable bonds is 7. The molecule has 174 valence electrons. The number of ether oxygens (including phenoxy) is 1. The van der Waals surface area contributed by atoms with E-state index in [1.165, 1.54) is 0 Å². The second kappa shape index (κ2) is 9.74. The Bertz CT molecular complexity index is 1360. The number of nitrogens with one attached hydrogen (secondary N) is 2. The summed E-state index contributed by atoms with van der Waals surface area (Å²) in [5.74, 6) is 0.146. The van der Waals surface area contributed by atoms with E-state index in [-0.39, 0.29) is 11.8 Å². The van der Waals surface area contributed by atoms with Crippen LogP contribution in [-0.4, -0.2) is 39.8 Å². The van der Waals surface area contributed by atoms with E-state index in [9.17, 15) is 9.59 Å². The number of carbonyl (C=O) groups is 2. The van der Waals surface area contributed by atoms with Crippen molar-refractivity contribution in [2.45, 2.75) is 27.3 Å². The standard InChI is InChI=1S/C26H27N5O3/c1-5-27-26(33)24-16(2)10-20(11-22(24)34-4)21-15-29-23-12-19(8-9-31(21)23)25(32)30-14-18-7-6-17(3)28-13-18/h6-13,15H,5,14H2,1-4H3,(H,27,33)(H,30,32). The van der Waals surface area contributed by atoms with Gasteiger partial charge in [0.25, 0.3) is 11.8 Å². The molecule has 3 aromatic heterocycles. The number of pyridine rings is 2. The fraction of sp³-hybridized carbons (Fsp3) is 0.231. The molecule has 0 fully saturated rings. The summed E-state index contributed by atoms with van der Waals surface area (Å²) in [5.41, 5.74) is 6.04. The van der Waals surface area contributed by atoms with Gasteiger partial charge in [0.05, 0.1) is 24.6 Å². The molecule has 34 heavy (non-hydrogen) atoms. The zero-order valence-corrected chi connectivity index (χ0v) is 19.7. The SMILES string of the molecule is CCNC(=O)c1c(C)cc(-c2cnc3cc(C(=O)NCc4ccc(C)nc4)ccn23)cc1OC. The van der Waals surface area contributed by atoms with Gasteiger partial charge >= 0.3 is 0 Å². The van der Waals surface area contributed by atoms with Crippen molar-refractivity contribution in [3.05, 3.63) is 82.9 Å². The summed E-state index contributed by atoms with van der Waals surface area (Å²) in [4.78, 5) is 33.9. The second-order valence-corrected chi connectivity index (χ2v) is 8.01. The van der Waals surface area contributed by atoms with E-state index in [0.29, 0.717) is 35.6 Å². The van der Waals surface area contributed by atoms with Gasteiger partial charge in [-0.3, -0.25) is 19.0 Å². The highest BCUT2D eigenvalue weighted by molar-refractivity contribution is 5.99. The summed E-state index contributed by atoms with van der Waals surface area (Å²) in [6.07, 6.45) is 5.32. The quantitative estimate of drug-likeness (QED) is 0.441. The summed E-state index contributed by atoms with van der Waals surface area (Å²) >= 11 is 0. The topological polar surface area (TPSA) is 97.6 Å². The Balaban J connectivity index is 1.59. The largest absolute Gasteiger partial charge is 0.496 e. The number of aryl methyl sites for hydroxylation is 2. The molecule has 0 saturated carbocycles. The molecule has 8 heteroatoms. The van der Waals surface area contributed by atoms with E-state index in [0.717, 1.165) is 28.1 Å². The van der Waals surface area contributed by atoms with Crippen molar-refractivity contribution in [1.82, 2.24) is 25.0 Å². The lowest BCUT2D eigenvalue weighted by Crippen LogP contribution is -2.24. The van der Waals surface area contributed by atoms with Crippen LogP contribution in [0.3, 0.4) is 0 Å². The molecule has 2 amide bonds. The molecule has 0 unspecified atom stereocenters. The fourth-order valence-electron chi connectivity index (χ4n) is 3.83. The highest BCUT2D eigenvalue weighted by Crippen LogP contribution is 2.31. The van der Waals surface area contributed by atoms with Gasteiger partial charge in [-0.05, 0) is 62.2 Å². The summed E-state index contributed by atoms with van der Waals surface area (Å²) in [6.45, 7) is 6.61. The molecule has 0 aliphatic carbocycles. The molecule has 0 atom stereocenters. The molecule has 0 aliphatic rings. The fourth-order valence-corrected chi connectivity index (χ4v) is 3.83. The van der Waals surface area contributed by atoms with E-state index >= 15 is 0 Å². The molecule has 0 saturated heterocycles. The third-order valence-electron chi connectivity index (χ3n) is 5.58. The minimum atomic E-state index is -0.184. The lowest BCUT2D eigenvalue weighted by atomic mass is 10.0. The predicted molar refractivity (Wildman–Crippen MR) is 130 cm³/mol. The molecule has 0 radical (unpaired) electrons. The number of carbonyl (C=O) groups excluding carboxylic acids is 2. The molecule has 0 bridgehead atoms. The third-order valence-corrected chi connectivity index (χ3v) is 5.58. The maximum absolute atomic E-state index is 12.7. The van der Waals surface area contributed by atoms with Gasteiger partial charge in [0, 0.05) is 42.3 Å². The van der Waals surface area contributed by atoms with E-state index in [2.05, 4.69) is 20.6 Å². The monoisotopic (exact) mass is 457 g/mol. The second-order valence-electron chi connectivity index (χ2n) is 8.01. The first-order valence-corrected chi connectivity index (χ1v) is 11.0. The Labute approximate surface area is 198 Å². The highest BCUT2D eigenvalue weighted by atomic mass is 16.5. The number of hydrogen-bond acceptors (Lipinski definition) is 5. The van der Waals surface area contributed by atoms with Crippen molar-refractivity contribution in [2.75, 3.05) is 13.7 Å². The first-order chi connectivity index (χ1) is 16.4. The van der Waals surface area contributed by atoms with Crippen molar-refractivity contribution >= 4 is 17.5 Å². The van der Waals surface area contributed by atoms with Gasteiger partial charge in [-0.1, -0.05) is 6.07 Å². The van der Waals surface area contributed by atoms with Crippen molar-refractivity contribution in [3.63, 3.8) is 0 Å². The molecule has 2 N–H and O–H groups in total. The Kier molecular flexibility index (Phi) is 6.58. The highest BCUT2D eigenvalue weighted by Gasteiger charge is 2.18. The van der Waals surface area contributed by atoms with Crippen LogP contribution in [-0.2, 0) is 6.54 Å². The number of nitrogens with zero attached hydrogens (tertiary/aromatic N) is 3. The van der Waals surface area contributed by atoms with Crippen LogP contribution < -0.4 is 15.4 Å². The number of hydrogen-bond donors (Lipinski definition) is 2. The summed E-state index contributed by atoms with van der Waals surface area (Å²) in [7, 11) is 1.55. The average molecular weight is 458 g/mol. The van der Waals surface area contributed by atoms with Crippen LogP contribution in [0.2, 0.25) is 0 Å². The molecule has 8 nitrogen and oxygen atoms in total. The maximum Gasteiger partial charge on any atom is 0.255 e. The van der Waals surface area contributed by atoms with Crippen LogP contribution in [0.25, 0.3) is 16.9 Å². The Morgan fingerprint density at radius 3 is 2.53 bits per heavy atom. The normalized spacial score (nSPS) is 10.8. The first kappa shape index (κ1) is 23.0. The minimum Gasteiger partial charge on any atom is -0.496 e. The van der Waals surface area contributed by atoms with Crippen LogP contribution in [0.15, 0.2) is 55.0 Å². The number of amides is 2. The van der Waals surface area contributed by atoms with Crippen molar-refractivity contribution in [1.29, 1.82) is 0 Å². The number of aromatic nitrogens is 3. The lowest BCUT2D eigenvalue weighted by Gasteiger charge is -2.14. The van der Waals surface area contributed by atoms with Gasteiger partial charge in [-0.2, -0.15) is 0 Å². The Morgan fingerprint density at radius 1 is 1.00 bits per heavy atom. The van der Waals surface area contributed by atoms with E-state index in [1.807, 2.05) is 55.6 Å².